The smallest absolute Gasteiger partial charge is 0.191 e. The van der Waals surface area contributed by atoms with Gasteiger partial charge in [-0.05, 0) is 38.8 Å². The summed E-state index contributed by atoms with van der Waals surface area (Å²) in [5, 5.41) is 26.3. The fraction of sp³-hybridized carbons (Fsp3) is 0.706. The lowest BCUT2D eigenvalue weighted by Crippen LogP contribution is -2.45. The molecular formula is C17H29N3O4. The summed E-state index contributed by atoms with van der Waals surface area (Å²) in [5.41, 5.74) is -1.22. The molecule has 0 bridgehead atoms. The number of nitrogens with one attached hydrogen (secondary N) is 2. The van der Waals surface area contributed by atoms with Crippen LogP contribution in [0.1, 0.15) is 32.4 Å². The Kier molecular flexibility index (Phi) is 6.65. The van der Waals surface area contributed by atoms with E-state index in [1.807, 2.05) is 6.92 Å². The Labute approximate surface area is 143 Å². The quantitative estimate of drug-likeness (QED) is 0.414. The molecular weight excluding hydrogens is 310 g/mol. The molecule has 1 saturated heterocycles. The summed E-state index contributed by atoms with van der Waals surface area (Å²) in [5.74, 6) is 1.12. The molecule has 136 valence electrons. The molecule has 7 nitrogen and oxygen atoms in total. The average Bonchev–Trinajstić information content (AvgIpc) is 3.23. The monoisotopic (exact) mass is 339 g/mol. The fourth-order valence-electron chi connectivity index (χ4n) is 2.82. The summed E-state index contributed by atoms with van der Waals surface area (Å²) < 4.78 is 10.8. The van der Waals surface area contributed by atoms with E-state index in [2.05, 4.69) is 15.6 Å². The number of hydrogen-bond acceptors (Lipinski definition) is 5. The fourth-order valence-corrected chi connectivity index (χ4v) is 2.82. The highest BCUT2D eigenvalue weighted by Crippen LogP contribution is 2.31. The lowest BCUT2D eigenvalue weighted by Gasteiger charge is -2.28. The molecule has 0 amide bonds. The van der Waals surface area contributed by atoms with E-state index < -0.39 is 5.60 Å². The van der Waals surface area contributed by atoms with Gasteiger partial charge in [0.15, 0.2) is 5.96 Å². The second kappa shape index (κ2) is 8.50. The predicted octanol–water partition coefficient (Wildman–Crippen LogP) is 0.831. The molecule has 1 aliphatic rings. The van der Waals surface area contributed by atoms with Gasteiger partial charge in [-0.15, -0.1) is 0 Å². The number of ether oxygens (including phenoxy) is 1. The Morgan fingerprint density at radius 1 is 1.46 bits per heavy atom. The van der Waals surface area contributed by atoms with Gasteiger partial charge in [0.1, 0.15) is 11.4 Å². The maximum Gasteiger partial charge on any atom is 0.191 e. The van der Waals surface area contributed by atoms with Crippen LogP contribution in [0.15, 0.2) is 27.8 Å². The predicted molar refractivity (Wildman–Crippen MR) is 91.8 cm³/mol. The average molecular weight is 339 g/mol. The van der Waals surface area contributed by atoms with E-state index in [1.165, 1.54) is 6.26 Å². The van der Waals surface area contributed by atoms with Crippen LogP contribution >= 0.6 is 0 Å². The zero-order chi connectivity index (χ0) is 17.5. The molecule has 0 aliphatic carbocycles. The van der Waals surface area contributed by atoms with E-state index in [1.54, 1.807) is 19.1 Å². The van der Waals surface area contributed by atoms with Crippen LogP contribution in [-0.4, -0.2) is 55.6 Å². The van der Waals surface area contributed by atoms with Crippen LogP contribution in [0.25, 0.3) is 0 Å². The Morgan fingerprint density at radius 2 is 2.29 bits per heavy atom. The normalized spacial score (nSPS) is 23.9. The van der Waals surface area contributed by atoms with E-state index in [-0.39, 0.29) is 18.6 Å². The van der Waals surface area contributed by atoms with Gasteiger partial charge in [-0.25, -0.2) is 4.99 Å². The largest absolute Gasteiger partial charge is 0.466 e. The molecule has 2 unspecified atom stereocenters. The van der Waals surface area contributed by atoms with Gasteiger partial charge in [-0.3, -0.25) is 0 Å². The minimum atomic E-state index is -1.16. The van der Waals surface area contributed by atoms with Gasteiger partial charge < -0.3 is 30.0 Å². The second-order valence-corrected chi connectivity index (χ2v) is 6.58. The Bertz CT molecular complexity index is 508. The summed E-state index contributed by atoms with van der Waals surface area (Å²) in [4.78, 5) is 4.47. The van der Waals surface area contributed by atoms with Gasteiger partial charge >= 0.3 is 0 Å². The second-order valence-electron chi connectivity index (χ2n) is 6.58. The van der Waals surface area contributed by atoms with Crippen molar-refractivity contribution in [2.75, 3.05) is 39.5 Å². The number of furan rings is 1. The van der Waals surface area contributed by atoms with Crippen molar-refractivity contribution in [3.05, 3.63) is 24.2 Å². The minimum absolute atomic E-state index is 0.0610. The van der Waals surface area contributed by atoms with Crippen molar-refractivity contribution in [1.29, 1.82) is 0 Å². The molecule has 2 heterocycles. The van der Waals surface area contributed by atoms with E-state index in [4.69, 9.17) is 9.15 Å². The van der Waals surface area contributed by atoms with Crippen molar-refractivity contribution in [2.24, 2.45) is 10.4 Å². The van der Waals surface area contributed by atoms with E-state index in [9.17, 15) is 10.2 Å². The maximum atomic E-state index is 10.5. The third-order valence-electron chi connectivity index (χ3n) is 4.40. The first-order valence-electron chi connectivity index (χ1n) is 8.48. The lowest BCUT2D eigenvalue weighted by atomic mass is 9.84. The Morgan fingerprint density at radius 3 is 2.88 bits per heavy atom. The summed E-state index contributed by atoms with van der Waals surface area (Å²) in [6.45, 7) is 6.75. The van der Waals surface area contributed by atoms with Crippen LogP contribution in [0.4, 0.5) is 0 Å². The Balaban J connectivity index is 1.97. The molecule has 24 heavy (non-hydrogen) atoms. The number of aliphatic hydroxyl groups excluding tert-OH is 1. The maximum absolute atomic E-state index is 10.5. The van der Waals surface area contributed by atoms with Gasteiger partial charge in [-0.1, -0.05) is 0 Å². The van der Waals surface area contributed by atoms with Crippen molar-refractivity contribution in [3.63, 3.8) is 0 Å². The summed E-state index contributed by atoms with van der Waals surface area (Å²) in [6, 6.07) is 3.48. The van der Waals surface area contributed by atoms with Crippen molar-refractivity contribution in [3.8, 4) is 0 Å². The summed E-state index contributed by atoms with van der Waals surface area (Å²) in [6.07, 6.45) is 3.16. The SMILES string of the molecule is CCNC(=NCC(C)(O)c1ccco1)NCC1(CCO)CCOC1. The van der Waals surface area contributed by atoms with Gasteiger partial charge in [0.2, 0.25) is 0 Å². The first-order chi connectivity index (χ1) is 11.5. The number of aliphatic imine (C=N–C) groups is 1. The van der Waals surface area contributed by atoms with Crippen LogP contribution in [0.3, 0.4) is 0 Å². The van der Waals surface area contributed by atoms with Gasteiger partial charge in [0.25, 0.3) is 0 Å². The minimum Gasteiger partial charge on any atom is -0.466 e. The van der Waals surface area contributed by atoms with Crippen LogP contribution in [0.2, 0.25) is 0 Å². The van der Waals surface area contributed by atoms with Crippen LogP contribution < -0.4 is 10.6 Å². The standard InChI is InChI=1S/C17H29N3O4/c1-3-18-15(19-11-16(2,22)14-5-4-9-24-14)20-12-17(6-8-21)7-10-23-13-17/h4-5,9,21-22H,3,6-8,10-13H2,1-2H3,(H2,18,19,20). The van der Waals surface area contributed by atoms with E-state index >= 15 is 0 Å². The lowest BCUT2D eigenvalue weighted by molar-refractivity contribution is 0.0436. The van der Waals surface area contributed by atoms with E-state index in [0.29, 0.717) is 31.3 Å². The molecule has 1 fully saturated rings. The number of aliphatic hydroxyl groups is 2. The molecule has 1 aromatic heterocycles. The number of rotatable bonds is 8. The third kappa shape index (κ3) is 4.96. The third-order valence-corrected chi connectivity index (χ3v) is 4.40. The van der Waals surface area contributed by atoms with Crippen molar-refractivity contribution in [2.45, 2.75) is 32.3 Å². The van der Waals surface area contributed by atoms with Gasteiger partial charge in [0, 0.05) is 31.7 Å². The molecule has 0 aromatic carbocycles. The molecule has 2 atom stereocenters. The number of nitrogens with zero attached hydrogens (tertiary/aromatic N) is 1. The molecule has 4 N–H and O–H groups in total. The highest BCUT2D eigenvalue weighted by molar-refractivity contribution is 5.79. The van der Waals surface area contributed by atoms with E-state index in [0.717, 1.165) is 19.6 Å². The first-order valence-corrected chi connectivity index (χ1v) is 8.48. The van der Waals surface area contributed by atoms with Gasteiger partial charge in [-0.2, -0.15) is 0 Å². The van der Waals surface area contributed by atoms with Gasteiger partial charge in [0.05, 0.1) is 19.4 Å². The first kappa shape index (κ1) is 18.8. The van der Waals surface area contributed by atoms with Crippen molar-refractivity contribution >= 4 is 5.96 Å². The van der Waals surface area contributed by atoms with Crippen LogP contribution in [0.5, 0.6) is 0 Å². The van der Waals surface area contributed by atoms with Crippen LogP contribution in [0, 0.1) is 5.41 Å². The topological polar surface area (TPSA) is 99.3 Å². The van der Waals surface area contributed by atoms with Crippen molar-refractivity contribution < 1.29 is 19.4 Å². The highest BCUT2D eigenvalue weighted by Gasteiger charge is 2.34. The molecule has 1 aromatic rings. The summed E-state index contributed by atoms with van der Waals surface area (Å²) >= 11 is 0. The molecule has 0 saturated carbocycles. The molecule has 2 rings (SSSR count). The number of hydrogen-bond donors (Lipinski definition) is 4. The molecule has 0 spiro atoms. The number of guanidine groups is 1. The zero-order valence-corrected chi connectivity index (χ0v) is 14.5. The van der Waals surface area contributed by atoms with Crippen molar-refractivity contribution in [1.82, 2.24) is 10.6 Å². The molecule has 7 heteroatoms. The highest BCUT2D eigenvalue weighted by atomic mass is 16.5. The molecule has 1 aliphatic heterocycles. The summed E-state index contributed by atoms with van der Waals surface area (Å²) in [7, 11) is 0. The molecule has 0 radical (unpaired) electrons. The Hall–Kier alpha value is -1.57. The zero-order valence-electron chi connectivity index (χ0n) is 14.5. The van der Waals surface area contributed by atoms with Crippen LogP contribution in [-0.2, 0) is 10.3 Å².